The molecule has 0 amide bonds. The Morgan fingerprint density at radius 3 is 1.06 bits per heavy atom. The van der Waals surface area contributed by atoms with Crippen molar-refractivity contribution >= 4 is 43.6 Å². The van der Waals surface area contributed by atoms with Gasteiger partial charge in [0.2, 0.25) is 11.8 Å². The molecule has 4 aromatic carbocycles. The molecule has 4 aromatic heterocycles. The van der Waals surface area contributed by atoms with Crippen LogP contribution in [0, 0.1) is 0 Å². The van der Waals surface area contributed by atoms with Crippen LogP contribution in [-0.4, -0.2) is 19.1 Å². The molecule has 0 unspecified atom stereocenters. The predicted molar refractivity (Wildman–Crippen MR) is 141 cm³/mol. The molecule has 36 heavy (non-hydrogen) atoms. The average Bonchev–Trinajstić information content (AvgIpc) is 3.71. The molecule has 170 valence electrons. The van der Waals surface area contributed by atoms with Gasteiger partial charge in [0.05, 0.1) is 34.5 Å². The van der Waals surface area contributed by atoms with Crippen molar-refractivity contribution in [2.24, 2.45) is 0 Å². The summed E-state index contributed by atoms with van der Waals surface area (Å²) in [4.78, 5) is 9.04. The van der Waals surface area contributed by atoms with E-state index < -0.39 is 0 Å². The minimum Gasteiger partial charge on any atom is -0.415 e. The second-order valence-electron chi connectivity index (χ2n) is 8.75. The minimum absolute atomic E-state index is 0.332. The quantitative estimate of drug-likeness (QED) is 0.270. The molecule has 0 fully saturated rings. The number of para-hydroxylation sites is 4. The van der Waals surface area contributed by atoms with Crippen LogP contribution in [0.5, 0.6) is 0 Å². The fraction of sp³-hybridized carbons (Fsp3) is 0. The third-order valence-electron chi connectivity index (χ3n) is 6.77. The van der Waals surface area contributed by atoms with Crippen LogP contribution >= 0.6 is 0 Å². The van der Waals surface area contributed by atoms with Crippen LogP contribution < -0.4 is 0 Å². The van der Waals surface area contributed by atoms with E-state index in [2.05, 4.69) is 67.6 Å². The van der Waals surface area contributed by atoms with Gasteiger partial charge in [0, 0.05) is 21.5 Å². The van der Waals surface area contributed by atoms with Gasteiger partial charge in [0.15, 0.2) is 0 Å². The lowest BCUT2D eigenvalue weighted by Crippen LogP contribution is -1.91. The van der Waals surface area contributed by atoms with E-state index >= 15 is 0 Å². The van der Waals surface area contributed by atoms with E-state index in [4.69, 9.17) is 8.83 Å². The number of hydrogen-bond acceptors (Lipinski definition) is 4. The molecule has 6 nitrogen and oxygen atoms in total. The molecule has 0 N–H and O–H groups in total. The molecule has 0 saturated carbocycles. The van der Waals surface area contributed by atoms with E-state index in [0.29, 0.717) is 23.5 Å². The zero-order valence-corrected chi connectivity index (χ0v) is 19.0. The summed E-state index contributed by atoms with van der Waals surface area (Å²) >= 11 is 0. The average molecular weight is 467 g/mol. The summed E-state index contributed by atoms with van der Waals surface area (Å²) in [5, 5.41) is 4.65. The van der Waals surface area contributed by atoms with Crippen molar-refractivity contribution in [1.29, 1.82) is 0 Å². The smallest absolute Gasteiger partial charge is 0.285 e. The van der Waals surface area contributed by atoms with Crippen molar-refractivity contribution in [2.75, 3.05) is 0 Å². The van der Waals surface area contributed by atoms with E-state index in [1.54, 1.807) is 12.4 Å². The second-order valence-corrected chi connectivity index (χ2v) is 8.75. The van der Waals surface area contributed by atoms with Crippen molar-refractivity contribution < 1.29 is 8.83 Å². The molecular formula is C30H18N4O2. The maximum atomic E-state index is 6.22. The highest BCUT2D eigenvalue weighted by Gasteiger charge is 2.20. The topological polar surface area (TPSA) is 61.9 Å². The third-order valence-corrected chi connectivity index (χ3v) is 6.77. The number of aromatic nitrogens is 4. The zero-order valence-electron chi connectivity index (χ0n) is 19.0. The first-order valence-corrected chi connectivity index (χ1v) is 11.8. The Hall–Kier alpha value is -5.10. The Bertz CT molecular complexity index is 1810. The molecule has 0 aliphatic heterocycles. The number of nitrogens with zero attached hydrogens (tertiary/aromatic N) is 4. The molecule has 6 heteroatoms. The highest BCUT2D eigenvalue weighted by atomic mass is 16.4. The summed E-state index contributed by atoms with van der Waals surface area (Å²) in [5.74, 6) is 1.88. The van der Waals surface area contributed by atoms with E-state index in [0.717, 1.165) is 43.6 Å². The van der Waals surface area contributed by atoms with Gasteiger partial charge in [-0.05, 0) is 24.3 Å². The van der Waals surface area contributed by atoms with Gasteiger partial charge in [-0.2, -0.15) is 0 Å². The number of rotatable bonds is 3. The van der Waals surface area contributed by atoms with Crippen molar-refractivity contribution in [1.82, 2.24) is 19.1 Å². The van der Waals surface area contributed by atoms with E-state index in [1.807, 2.05) is 48.5 Å². The van der Waals surface area contributed by atoms with Gasteiger partial charge in [-0.25, -0.2) is 9.97 Å². The normalized spacial score (nSPS) is 11.9. The van der Waals surface area contributed by atoms with Crippen molar-refractivity contribution in [3.63, 3.8) is 0 Å². The summed E-state index contributed by atoms with van der Waals surface area (Å²) in [6.07, 6.45) is 3.44. The number of fused-ring (bicyclic) bond motifs is 6. The Morgan fingerprint density at radius 1 is 0.417 bits per heavy atom. The summed E-state index contributed by atoms with van der Waals surface area (Å²) in [5.41, 5.74) is 4.22. The molecule has 8 rings (SSSR count). The minimum atomic E-state index is 0.332. The van der Waals surface area contributed by atoms with Gasteiger partial charge in [0.25, 0.3) is 11.8 Å². The first-order chi connectivity index (χ1) is 17.9. The summed E-state index contributed by atoms with van der Waals surface area (Å²) in [6, 6.07) is 33.1. The Labute approximate surface area is 204 Å². The predicted octanol–water partition coefficient (Wildman–Crippen LogP) is 7.52. The molecule has 0 aliphatic carbocycles. The lowest BCUT2D eigenvalue weighted by Gasteiger charge is -2.02. The van der Waals surface area contributed by atoms with E-state index in [9.17, 15) is 0 Å². The van der Waals surface area contributed by atoms with Crippen LogP contribution in [0.3, 0.4) is 0 Å². The summed E-state index contributed by atoms with van der Waals surface area (Å²) < 4.78 is 16.6. The standard InChI is InChI=1S/C30H18N4O2/c1-5-13-23-19(9-1)20-10-2-6-14-24(20)33(23)27-17-31-29(35-27)30-32-18-28(36-30)34-25-15-7-3-11-21(25)22-12-4-8-16-26(22)34/h1-18H. The molecule has 0 bridgehead atoms. The summed E-state index contributed by atoms with van der Waals surface area (Å²) in [6.45, 7) is 0. The molecule has 0 spiro atoms. The second kappa shape index (κ2) is 7.20. The van der Waals surface area contributed by atoms with Gasteiger partial charge in [-0.15, -0.1) is 0 Å². The van der Waals surface area contributed by atoms with Gasteiger partial charge in [-0.3, -0.25) is 9.13 Å². The zero-order chi connectivity index (χ0) is 23.6. The van der Waals surface area contributed by atoms with Crippen LogP contribution in [-0.2, 0) is 0 Å². The third kappa shape index (κ3) is 2.61. The lowest BCUT2D eigenvalue weighted by atomic mass is 10.2. The van der Waals surface area contributed by atoms with Crippen LogP contribution in [0.4, 0.5) is 0 Å². The van der Waals surface area contributed by atoms with Gasteiger partial charge >= 0.3 is 0 Å². The summed E-state index contributed by atoms with van der Waals surface area (Å²) in [7, 11) is 0. The van der Waals surface area contributed by atoms with Crippen molar-refractivity contribution in [3.8, 4) is 23.5 Å². The molecule has 0 atom stereocenters. The fourth-order valence-electron chi connectivity index (χ4n) is 5.26. The highest BCUT2D eigenvalue weighted by Crippen LogP contribution is 2.35. The molecule has 8 aromatic rings. The maximum Gasteiger partial charge on any atom is 0.285 e. The Kier molecular flexibility index (Phi) is 3.85. The van der Waals surface area contributed by atoms with Gasteiger partial charge in [0.1, 0.15) is 0 Å². The Morgan fingerprint density at radius 2 is 0.722 bits per heavy atom. The molecule has 0 saturated heterocycles. The van der Waals surface area contributed by atoms with Crippen LogP contribution in [0.15, 0.2) is 118 Å². The first-order valence-electron chi connectivity index (χ1n) is 11.8. The molecule has 0 radical (unpaired) electrons. The largest absolute Gasteiger partial charge is 0.415 e. The number of hydrogen-bond donors (Lipinski definition) is 0. The monoisotopic (exact) mass is 466 g/mol. The maximum absolute atomic E-state index is 6.22. The molecule has 4 heterocycles. The Balaban J connectivity index is 1.27. The van der Waals surface area contributed by atoms with Gasteiger partial charge in [-0.1, -0.05) is 72.8 Å². The van der Waals surface area contributed by atoms with Crippen molar-refractivity contribution in [2.45, 2.75) is 0 Å². The highest BCUT2D eigenvalue weighted by molar-refractivity contribution is 6.09. The van der Waals surface area contributed by atoms with Crippen LogP contribution in [0.1, 0.15) is 0 Å². The van der Waals surface area contributed by atoms with Crippen LogP contribution in [0.25, 0.3) is 67.2 Å². The fourth-order valence-corrected chi connectivity index (χ4v) is 5.26. The molecule has 0 aliphatic rings. The van der Waals surface area contributed by atoms with Gasteiger partial charge < -0.3 is 8.83 Å². The van der Waals surface area contributed by atoms with Crippen LogP contribution in [0.2, 0.25) is 0 Å². The lowest BCUT2D eigenvalue weighted by molar-refractivity contribution is 0.495. The van der Waals surface area contributed by atoms with Crippen molar-refractivity contribution in [3.05, 3.63) is 109 Å². The number of benzene rings is 4. The van der Waals surface area contributed by atoms with E-state index in [-0.39, 0.29) is 0 Å². The first kappa shape index (κ1) is 19.2. The number of oxazole rings is 2. The molecular weight excluding hydrogens is 448 g/mol. The SMILES string of the molecule is c1ccc2c(c1)c1ccccc1n2-c1cnc(-c2ncc(-n3c4ccccc4c4ccccc43)o2)o1. The van der Waals surface area contributed by atoms with E-state index in [1.165, 1.54) is 0 Å².